The summed E-state index contributed by atoms with van der Waals surface area (Å²) < 4.78 is 2.18. The second-order valence-corrected chi connectivity index (χ2v) is 4.70. The minimum Gasteiger partial charge on any atom is -0.394 e. The van der Waals surface area contributed by atoms with Gasteiger partial charge in [0.1, 0.15) is 0 Å². The number of nitrogens with zero attached hydrogens (tertiary/aromatic N) is 2. The van der Waals surface area contributed by atoms with E-state index < -0.39 is 0 Å². The van der Waals surface area contributed by atoms with Crippen LogP contribution in [0.25, 0.3) is 0 Å². The lowest BCUT2D eigenvalue weighted by atomic mass is 10.2. The van der Waals surface area contributed by atoms with Crippen molar-refractivity contribution in [2.24, 2.45) is 0 Å². The zero-order chi connectivity index (χ0) is 12.4. The highest BCUT2D eigenvalue weighted by Gasteiger charge is 2.27. The van der Waals surface area contributed by atoms with E-state index in [9.17, 15) is 5.11 Å². The molecule has 0 bridgehead atoms. The Balaban J connectivity index is 1.81. The van der Waals surface area contributed by atoms with Gasteiger partial charge in [-0.05, 0) is 25.0 Å². The second kappa shape index (κ2) is 4.82. The smallest absolute Gasteiger partial charge is 0.0951 e. The van der Waals surface area contributed by atoms with Crippen molar-refractivity contribution in [3.8, 4) is 0 Å². The van der Waals surface area contributed by atoms with Crippen LogP contribution in [0.5, 0.6) is 0 Å². The van der Waals surface area contributed by atoms with Crippen molar-refractivity contribution >= 4 is 5.69 Å². The summed E-state index contributed by atoms with van der Waals surface area (Å²) >= 11 is 0. The van der Waals surface area contributed by atoms with Crippen LogP contribution in [0.15, 0.2) is 42.9 Å². The van der Waals surface area contributed by atoms with Crippen LogP contribution in [-0.4, -0.2) is 21.3 Å². The van der Waals surface area contributed by atoms with E-state index >= 15 is 0 Å². The van der Waals surface area contributed by atoms with E-state index in [0.29, 0.717) is 6.04 Å². The maximum atomic E-state index is 9.58. The van der Waals surface area contributed by atoms with Crippen LogP contribution < -0.4 is 5.32 Å². The summed E-state index contributed by atoms with van der Waals surface area (Å²) in [5.41, 5.74) is 2.07. The normalized spacial score (nSPS) is 16.5. The van der Waals surface area contributed by atoms with Crippen molar-refractivity contribution < 1.29 is 5.11 Å². The molecule has 0 amide bonds. The number of para-hydroxylation sites is 1. The fourth-order valence-electron chi connectivity index (χ4n) is 2.19. The maximum absolute atomic E-state index is 9.58. The zero-order valence-electron chi connectivity index (χ0n) is 10.2. The van der Waals surface area contributed by atoms with Crippen molar-refractivity contribution in [3.63, 3.8) is 0 Å². The first-order valence-electron chi connectivity index (χ1n) is 6.32. The molecule has 94 valence electrons. The molecule has 18 heavy (non-hydrogen) atoms. The summed E-state index contributed by atoms with van der Waals surface area (Å²) in [6.07, 6.45) is 6.14. The number of hydrogen-bond donors (Lipinski definition) is 2. The van der Waals surface area contributed by atoms with Gasteiger partial charge in [0.05, 0.1) is 30.9 Å². The molecule has 0 aliphatic heterocycles. The molecule has 1 fully saturated rings. The average molecular weight is 243 g/mol. The molecule has 1 atom stereocenters. The van der Waals surface area contributed by atoms with Gasteiger partial charge in [-0.1, -0.05) is 18.2 Å². The lowest BCUT2D eigenvalue weighted by Gasteiger charge is -2.19. The zero-order valence-corrected chi connectivity index (χ0v) is 10.2. The second-order valence-electron chi connectivity index (χ2n) is 4.70. The molecule has 0 spiro atoms. The van der Waals surface area contributed by atoms with Gasteiger partial charge in [0, 0.05) is 11.7 Å². The van der Waals surface area contributed by atoms with Gasteiger partial charge < -0.3 is 15.0 Å². The van der Waals surface area contributed by atoms with Crippen molar-refractivity contribution in [2.75, 3.05) is 11.9 Å². The van der Waals surface area contributed by atoms with Crippen LogP contribution in [0.2, 0.25) is 0 Å². The third-order valence-electron chi connectivity index (χ3n) is 3.29. The van der Waals surface area contributed by atoms with Crippen LogP contribution >= 0.6 is 0 Å². The van der Waals surface area contributed by atoms with E-state index in [2.05, 4.69) is 14.9 Å². The predicted octanol–water partition coefficient (Wildman–Crippen LogP) is 2.36. The van der Waals surface area contributed by atoms with Gasteiger partial charge in [-0.15, -0.1) is 0 Å². The number of imidazole rings is 1. The Morgan fingerprint density at radius 1 is 1.33 bits per heavy atom. The highest BCUT2D eigenvalue weighted by molar-refractivity contribution is 5.44. The monoisotopic (exact) mass is 243 g/mol. The van der Waals surface area contributed by atoms with E-state index in [0.717, 1.165) is 11.4 Å². The third kappa shape index (κ3) is 2.24. The lowest BCUT2D eigenvalue weighted by Crippen LogP contribution is -2.18. The molecule has 1 aromatic carbocycles. The molecule has 1 aliphatic rings. The highest BCUT2D eigenvalue weighted by atomic mass is 16.3. The molecule has 1 unspecified atom stereocenters. The van der Waals surface area contributed by atoms with Crippen LogP contribution in [0.1, 0.15) is 30.6 Å². The molecule has 1 saturated carbocycles. The van der Waals surface area contributed by atoms with E-state index in [1.165, 1.54) is 12.8 Å². The van der Waals surface area contributed by atoms with Gasteiger partial charge in [0.15, 0.2) is 0 Å². The molecule has 1 aromatic heterocycles. The lowest BCUT2D eigenvalue weighted by molar-refractivity contribution is 0.272. The number of rotatable bonds is 5. The molecule has 0 radical (unpaired) electrons. The Bertz CT molecular complexity index is 505. The van der Waals surface area contributed by atoms with E-state index in [1.54, 1.807) is 0 Å². The number of nitrogens with one attached hydrogen (secondary N) is 1. The van der Waals surface area contributed by atoms with Crippen LogP contribution in [0.3, 0.4) is 0 Å². The number of aromatic nitrogens is 2. The van der Waals surface area contributed by atoms with Gasteiger partial charge in [-0.3, -0.25) is 0 Å². The molecule has 1 heterocycles. The average Bonchev–Trinajstić information content (AvgIpc) is 3.15. The van der Waals surface area contributed by atoms with Crippen molar-refractivity contribution in [3.05, 3.63) is 48.5 Å². The van der Waals surface area contributed by atoms with Gasteiger partial charge >= 0.3 is 0 Å². The molecule has 2 aromatic rings. The molecule has 4 nitrogen and oxygen atoms in total. The largest absolute Gasteiger partial charge is 0.394 e. The van der Waals surface area contributed by atoms with Gasteiger partial charge in [0.25, 0.3) is 0 Å². The molecule has 0 saturated heterocycles. The number of aliphatic hydroxyl groups excluding tert-OH is 1. The van der Waals surface area contributed by atoms with E-state index in [4.69, 9.17) is 0 Å². The highest BCUT2D eigenvalue weighted by Crippen LogP contribution is 2.37. The summed E-state index contributed by atoms with van der Waals surface area (Å²) in [5.74, 6) is 0. The van der Waals surface area contributed by atoms with Gasteiger partial charge in [-0.2, -0.15) is 0 Å². The third-order valence-corrected chi connectivity index (χ3v) is 3.29. The number of benzene rings is 1. The number of hydrogen-bond acceptors (Lipinski definition) is 3. The van der Waals surface area contributed by atoms with E-state index in [1.807, 2.05) is 42.9 Å². The first-order chi connectivity index (χ1) is 8.88. The van der Waals surface area contributed by atoms with Gasteiger partial charge in [0.2, 0.25) is 0 Å². The Morgan fingerprint density at radius 3 is 2.78 bits per heavy atom. The van der Waals surface area contributed by atoms with E-state index in [-0.39, 0.29) is 12.6 Å². The fraction of sp³-hybridized carbons (Fsp3) is 0.357. The van der Waals surface area contributed by atoms with Gasteiger partial charge in [-0.25, -0.2) is 4.98 Å². The molecule has 2 N–H and O–H groups in total. The van der Waals surface area contributed by atoms with Crippen molar-refractivity contribution in [1.29, 1.82) is 0 Å². The quantitative estimate of drug-likeness (QED) is 0.847. The summed E-state index contributed by atoms with van der Waals surface area (Å²) in [4.78, 5) is 4.21. The first-order valence-corrected chi connectivity index (χ1v) is 6.32. The first kappa shape index (κ1) is 11.3. The minimum atomic E-state index is -0.101. The van der Waals surface area contributed by atoms with Crippen molar-refractivity contribution in [1.82, 2.24) is 9.55 Å². The topological polar surface area (TPSA) is 50.1 Å². The molecule has 3 rings (SSSR count). The van der Waals surface area contributed by atoms with Crippen LogP contribution in [0.4, 0.5) is 5.69 Å². The fourth-order valence-corrected chi connectivity index (χ4v) is 2.19. The minimum absolute atomic E-state index is 0.0628. The predicted molar refractivity (Wildman–Crippen MR) is 70.4 cm³/mol. The van der Waals surface area contributed by atoms with Crippen molar-refractivity contribution in [2.45, 2.75) is 24.9 Å². The summed E-state index contributed by atoms with van der Waals surface area (Å²) in [7, 11) is 0. The molecule has 1 aliphatic carbocycles. The Hall–Kier alpha value is -1.81. The Morgan fingerprint density at radius 2 is 2.11 bits per heavy atom. The standard InChI is InChI=1S/C14H17N3O/c18-9-13(16-11-4-2-1-3-5-11)14-8-15-10-17(14)12-6-7-12/h1-5,8,10,12-13,16,18H,6-7,9H2. The number of aliphatic hydroxyl groups is 1. The maximum Gasteiger partial charge on any atom is 0.0951 e. The summed E-state index contributed by atoms with van der Waals surface area (Å²) in [5, 5.41) is 12.9. The number of anilines is 1. The molecular formula is C14H17N3O. The Kier molecular flexibility index (Phi) is 3.02. The molecular weight excluding hydrogens is 226 g/mol. The SMILES string of the molecule is OCC(Nc1ccccc1)c1cncn1C1CC1. The van der Waals surface area contributed by atoms with Crippen LogP contribution in [0, 0.1) is 0 Å². The summed E-state index contributed by atoms with van der Waals surface area (Å²) in [6, 6.07) is 10.4. The van der Waals surface area contributed by atoms with Crippen LogP contribution in [-0.2, 0) is 0 Å². The Labute approximate surface area is 106 Å². The summed E-state index contributed by atoms with van der Waals surface area (Å²) in [6.45, 7) is 0.0628. The molecule has 4 heteroatoms.